The monoisotopic (exact) mass is 516 g/mol. The first-order chi connectivity index (χ1) is 12.5. The second-order valence-electron chi connectivity index (χ2n) is 8.26. The smallest absolute Gasteiger partial charge is 0.0786 e. The summed E-state index contributed by atoms with van der Waals surface area (Å²) < 4.78 is 2.70. The number of quaternary nitrogens is 2. The Kier molecular flexibility index (Phi) is 30.7. The molecule has 4 heteroatoms. The van der Waals surface area contributed by atoms with Crippen LogP contribution in [-0.4, -0.2) is 66.8 Å². The molecule has 0 rings (SSSR count). The summed E-state index contributed by atoms with van der Waals surface area (Å²) in [6.07, 6.45) is 11.1. The number of unbranched alkanes of at least 4 members (excludes halogenated alkanes) is 4. The van der Waals surface area contributed by atoms with Crippen LogP contribution < -0.4 is 24.0 Å². The van der Waals surface area contributed by atoms with Crippen LogP contribution in [0.15, 0.2) is 0 Å². The van der Waals surface area contributed by atoms with E-state index in [1.165, 1.54) is 113 Å². The predicted molar refractivity (Wildman–Crippen MR) is 124 cm³/mol. The molecule has 0 saturated heterocycles. The first-order valence-electron chi connectivity index (χ1n) is 12.2. The molecule has 1 N–H and O–H groups in total. The molecule has 3 nitrogen and oxygen atoms in total. The van der Waals surface area contributed by atoms with Crippen LogP contribution in [0.2, 0.25) is 0 Å². The Balaban J connectivity index is -0.000000225. The van der Waals surface area contributed by atoms with Crippen molar-refractivity contribution in [3.05, 3.63) is 0 Å². The van der Waals surface area contributed by atoms with E-state index in [-0.39, 0.29) is 29.5 Å². The quantitative estimate of drug-likeness (QED) is 0.227. The lowest BCUT2D eigenvalue weighted by molar-refractivity contribution is -0.929. The highest BCUT2D eigenvalue weighted by Crippen LogP contribution is 2.16. The first kappa shape index (κ1) is 36.0. The van der Waals surface area contributed by atoms with Gasteiger partial charge in [-0.1, -0.05) is 53.4 Å². The summed E-state index contributed by atoms with van der Waals surface area (Å²) in [5.74, 6) is 0. The van der Waals surface area contributed by atoms with E-state index in [0.29, 0.717) is 0 Å². The molecule has 0 saturated carbocycles. The second-order valence-corrected chi connectivity index (χ2v) is 8.26. The van der Waals surface area contributed by atoms with Crippen molar-refractivity contribution in [3.8, 4) is 0 Å². The summed E-state index contributed by atoms with van der Waals surface area (Å²) in [5, 5.41) is 0. The zero-order valence-electron chi connectivity index (χ0n) is 21.0. The lowest BCUT2D eigenvalue weighted by Crippen LogP contribution is -3.00. The number of rotatable bonds is 16. The molecule has 0 amide bonds. The van der Waals surface area contributed by atoms with Crippen LogP contribution >= 0.6 is 0 Å². The van der Waals surface area contributed by atoms with Gasteiger partial charge in [-0.05, 0) is 53.4 Å². The standard InChI is InChI=1S/C16H36N.C8H20N.HI.H2O/c1-5-9-13-17(14-10-6-2,15-11-7-3)16-12-8-4;1-5-9(6-2,7-3)8-4;;/h5-16H2,1-4H3;5-8H2,1-4H3;1H;1H2/q2*+1;;/p-2. The van der Waals surface area contributed by atoms with E-state index in [1.54, 1.807) is 0 Å². The van der Waals surface area contributed by atoms with E-state index < -0.39 is 0 Å². The van der Waals surface area contributed by atoms with E-state index in [1.807, 2.05) is 0 Å². The van der Waals surface area contributed by atoms with Crippen molar-refractivity contribution in [2.45, 2.75) is 107 Å². The normalized spacial score (nSPS) is 11.1. The lowest BCUT2D eigenvalue weighted by atomic mass is 10.1. The molecule has 0 bridgehead atoms. The van der Waals surface area contributed by atoms with Gasteiger partial charge < -0.3 is 38.4 Å². The number of nitrogens with zero attached hydrogens (tertiary/aromatic N) is 2. The molecular weight excluding hydrogens is 459 g/mol. The Labute approximate surface area is 197 Å². The number of hydrogen-bond acceptors (Lipinski definition) is 1. The van der Waals surface area contributed by atoms with E-state index in [0.717, 1.165) is 0 Å². The Morgan fingerprint density at radius 3 is 0.714 bits per heavy atom. The Morgan fingerprint density at radius 1 is 0.393 bits per heavy atom. The molecule has 0 aromatic heterocycles. The van der Waals surface area contributed by atoms with Crippen LogP contribution in [0.4, 0.5) is 0 Å². The number of hydrogen-bond donors (Lipinski definition) is 0. The van der Waals surface area contributed by atoms with Gasteiger partial charge in [0.25, 0.3) is 0 Å². The summed E-state index contributed by atoms with van der Waals surface area (Å²) in [4.78, 5) is 0. The van der Waals surface area contributed by atoms with Crippen molar-refractivity contribution in [2.75, 3.05) is 52.4 Å². The third-order valence-corrected chi connectivity index (χ3v) is 6.63. The maximum Gasteiger partial charge on any atom is 0.0786 e. The van der Waals surface area contributed by atoms with Crippen molar-refractivity contribution in [3.63, 3.8) is 0 Å². The molecule has 0 aromatic rings. The molecule has 0 atom stereocenters. The highest BCUT2D eigenvalue weighted by Gasteiger charge is 2.24. The largest absolute Gasteiger partial charge is 1.00 e. The van der Waals surface area contributed by atoms with Crippen LogP contribution in [-0.2, 0) is 0 Å². The van der Waals surface area contributed by atoms with E-state index in [4.69, 9.17) is 0 Å². The molecule has 28 heavy (non-hydrogen) atoms. The van der Waals surface area contributed by atoms with Crippen LogP contribution in [0.3, 0.4) is 0 Å². The zero-order valence-corrected chi connectivity index (χ0v) is 23.2. The van der Waals surface area contributed by atoms with Crippen LogP contribution in [0, 0.1) is 0 Å². The van der Waals surface area contributed by atoms with Crippen LogP contribution in [0.25, 0.3) is 0 Å². The van der Waals surface area contributed by atoms with Gasteiger partial charge in [-0.3, -0.25) is 0 Å². The Hall–Kier alpha value is 0.610. The van der Waals surface area contributed by atoms with Gasteiger partial charge >= 0.3 is 0 Å². The van der Waals surface area contributed by atoms with Gasteiger partial charge in [0.2, 0.25) is 0 Å². The van der Waals surface area contributed by atoms with E-state index >= 15 is 0 Å². The molecule has 0 aromatic carbocycles. The summed E-state index contributed by atoms with van der Waals surface area (Å²) in [7, 11) is 0. The van der Waals surface area contributed by atoms with Gasteiger partial charge in [-0.25, -0.2) is 0 Å². The van der Waals surface area contributed by atoms with Crippen molar-refractivity contribution in [2.24, 2.45) is 0 Å². The van der Waals surface area contributed by atoms with E-state index in [2.05, 4.69) is 55.4 Å². The average molecular weight is 517 g/mol. The minimum absolute atomic E-state index is 0. The van der Waals surface area contributed by atoms with Crippen LogP contribution in [0.5, 0.6) is 0 Å². The summed E-state index contributed by atoms with van der Waals surface area (Å²) >= 11 is 0. The van der Waals surface area contributed by atoms with Gasteiger partial charge in [-0.15, -0.1) is 0 Å². The fourth-order valence-electron chi connectivity index (χ4n) is 3.99. The predicted octanol–water partition coefficient (Wildman–Crippen LogP) is 3.71. The van der Waals surface area contributed by atoms with Gasteiger partial charge in [0.15, 0.2) is 0 Å². The molecule has 0 fully saturated rings. The van der Waals surface area contributed by atoms with Gasteiger partial charge in [-0.2, -0.15) is 0 Å². The molecule has 0 aliphatic rings. The van der Waals surface area contributed by atoms with E-state index in [9.17, 15) is 0 Å². The highest BCUT2D eigenvalue weighted by atomic mass is 127. The maximum absolute atomic E-state index is 2.33. The highest BCUT2D eigenvalue weighted by molar-refractivity contribution is 4.49. The topological polar surface area (TPSA) is 30.0 Å². The third kappa shape index (κ3) is 16.4. The fourth-order valence-corrected chi connectivity index (χ4v) is 3.99. The molecule has 176 valence electrons. The molecular formula is C24H57IN2O. The molecule has 0 spiro atoms. The summed E-state index contributed by atoms with van der Waals surface area (Å²) in [6, 6.07) is 0. The first-order valence-corrected chi connectivity index (χ1v) is 12.2. The molecule has 0 aliphatic carbocycles. The molecule has 0 radical (unpaired) electrons. The van der Waals surface area contributed by atoms with Gasteiger partial charge in [0, 0.05) is 0 Å². The summed E-state index contributed by atoms with van der Waals surface area (Å²) in [6.45, 7) is 29.2. The Bertz CT molecular complexity index is 229. The van der Waals surface area contributed by atoms with Crippen molar-refractivity contribution < 1.29 is 38.4 Å². The van der Waals surface area contributed by atoms with Crippen molar-refractivity contribution >= 4 is 0 Å². The van der Waals surface area contributed by atoms with Gasteiger partial charge in [0.1, 0.15) is 0 Å². The Morgan fingerprint density at radius 2 is 0.607 bits per heavy atom. The second kappa shape index (κ2) is 23.9. The zero-order chi connectivity index (χ0) is 20.3. The minimum Gasteiger partial charge on any atom is -1.00 e. The van der Waals surface area contributed by atoms with Crippen LogP contribution in [0.1, 0.15) is 107 Å². The minimum atomic E-state index is 0. The average Bonchev–Trinajstić information content (AvgIpc) is 2.69. The van der Waals surface area contributed by atoms with Crippen molar-refractivity contribution in [1.82, 2.24) is 0 Å². The fraction of sp³-hybridized carbons (Fsp3) is 1.00. The molecule has 0 unspecified atom stereocenters. The van der Waals surface area contributed by atoms with Crippen molar-refractivity contribution in [1.29, 1.82) is 0 Å². The third-order valence-electron chi connectivity index (χ3n) is 6.63. The van der Waals surface area contributed by atoms with Gasteiger partial charge in [0.05, 0.1) is 52.4 Å². The molecule has 0 aliphatic heterocycles. The molecule has 0 heterocycles. The lowest BCUT2D eigenvalue weighted by Gasteiger charge is -2.39. The maximum atomic E-state index is 2.33. The number of halogens is 1. The summed E-state index contributed by atoms with van der Waals surface area (Å²) in [5.41, 5.74) is 0. The SMILES string of the molecule is CCCC[N+](CCCC)(CCCC)CCCC.CC[N+](CC)(CC)CC.[I-].[OH-].